The van der Waals surface area contributed by atoms with Crippen LogP contribution in [0.4, 0.5) is 18.9 Å². The molecule has 1 aromatic rings. The Morgan fingerprint density at radius 2 is 2.14 bits per heavy atom. The Kier molecular flexibility index (Phi) is 5.11. The second-order valence-electron chi connectivity index (χ2n) is 5.44. The lowest BCUT2D eigenvalue weighted by atomic mass is 10.0. The SMILES string of the molecule is COCC1CCN(c2ccc(CCN)cc2C(F)(F)F)C1. The lowest BCUT2D eigenvalue weighted by molar-refractivity contribution is -0.137. The van der Waals surface area contributed by atoms with Gasteiger partial charge in [-0.2, -0.15) is 13.2 Å². The first-order chi connectivity index (χ1) is 9.95. The number of hydrogen-bond donors (Lipinski definition) is 1. The molecule has 21 heavy (non-hydrogen) atoms. The molecule has 0 bridgehead atoms. The second-order valence-corrected chi connectivity index (χ2v) is 5.44. The number of ether oxygens (including phenoxy) is 1. The van der Waals surface area contributed by atoms with Crippen molar-refractivity contribution in [3.63, 3.8) is 0 Å². The third-order valence-electron chi connectivity index (χ3n) is 3.83. The number of alkyl halides is 3. The molecule has 1 aliphatic heterocycles. The maximum atomic E-state index is 13.3. The lowest BCUT2D eigenvalue weighted by Gasteiger charge is -2.24. The molecule has 0 radical (unpaired) electrons. The van der Waals surface area contributed by atoms with Crippen LogP contribution in [-0.2, 0) is 17.3 Å². The fourth-order valence-electron chi connectivity index (χ4n) is 2.83. The molecule has 2 rings (SSSR count). The Bertz CT molecular complexity index is 476. The predicted molar refractivity (Wildman–Crippen MR) is 76.4 cm³/mol. The van der Waals surface area contributed by atoms with Gasteiger partial charge in [0.15, 0.2) is 0 Å². The number of nitrogens with two attached hydrogens (primary N) is 1. The molecule has 0 saturated carbocycles. The topological polar surface area (TPSA) is 38.5 Å². The number of nitrogens with zero attached hydrogens (tertiary/aromatic N) is 1. The van der Waals surface area contributed by atoms with E-state index in [1.165, 1.54) is 6.07 Å². The molecule has 1 saturated heterocycles. The largest absolute Gasteiger partial charge is 0.418 e. The van der Waals surface area contributed by atoms with E-state index < -0.39 is 11.7 Å². The van der Waals surface area contributed by atoms with Crippen molar-refractivity contribution in [3.8, 4) is 0 Å². The van der Waals surface area contributed by atoms with Crippen molar-refractivity contribution < 1.29 is 17.9 Å². The minimum Gasteiger partial charge on any atom is -0.384 e. The second kappa shape index (κ2) is 6.66. The van der Waals surface area contributed by atoms with Gasteiger partial charge in [0.25, 0.3) is 0 Å². The predicted octanol–water partition coefficient (Wildman–Crippen LogP) is 2.68. The minimum absolute atomic E-state index is 0.266. The van der Waals surface area contributed by atoms with E-state index in [0.717, 1.165) is 6.42 Å². The normalized spacial score (nSPS) is 19.3. The Labute approximate surface area is 122 Å². The maximum absolute atomic E-state index is 13.3. The summed E-state index contributed by atoms with van der Waals surface area (Å²) in [5, 5.41) is 0. The first-order valence-corrected chi connectivity index (χ1v) is 7.09. The number of benzene rings is 1. The molecule has 1 unspecified atom stereocenters. The molecule has 0 aromatic heterocycles. The zero-order chi connectivity index (χ0) is 15.5. The Morgan fingerprint density at radius 3 is 2.76 bits per heavy atom. The summed E-state index contributed by atoms with van der Waals surface area (Å²) in [6, 6.07) is 4.54. The molecule has 6 heteroatoms. The fourth-order valence-corrected chi connectivity index (χ4v) is 2.83. The first kappa shape index (κ1) is 16.1. The summed E-state index contributed by atoms with van der Waals surface area (Å²) in [6.45, 7) is 2.17. The first-order valence-electron chi connectivity index (χ1n) is 7.09. The molecule has 0 aliphatic carbocycles. The number of hydrogen-bond acceptors (Lipinski definition) is 3. The maximum Gasteiger partial charge on any atom is 0.418 e. The van der Waals surface area contributed by atoms with Gasteiger partial charge in [0.05, 0.1) is 12.2 Å². The summed E-state index contributed by atoms with van der Waals surface area (Å²) in [7, 11) is 1.62. The molecule has 1 aromatic carbocycles. The number of halogens is 3. The van der Waals surface area contributed by atoms with Crippen LogP contribution in [0.1, 0.15) is 17.5 Å². The van der Waals surface area contributed by atoms with Crippen LogP contribution in [0.5, 0.6) is 0 Å². The van der Waals surface area contributed by atoms with E-state index in [4.69, 9.17) is 10.5 Å². The highest BCUT2D eigenvalue weighted by molar-refractivity contribution is 5.57. The van der Waals surface area contributed by atoms with Crippen LogP contribution >= 0.6 is 0 Å². The molecule has 0 amide bonds. The van der Waals surface area contributed by atoms with Crippen molar-refractivity contribution in [1.29, 1.82) is 0 Å². The van der Waals surface area contributed by atoms with Crippen molar-refractivity contribution >= 4 is 5.69 Å². The highest BCUT2D eigenvalue weighted by atomic mass is 19.4. The number of anilines is 1. The van der Waals surface area contributed by atoms with E-state index in [2.05, 4.69) is 0 Å². The van der Waals surface area contributed by atoms with Crippen LogP contribution in [0, 0.1) is 5.92 Å². The van der Waals surface area contributed by atoms with Gasteiger partial charge in [-0.15, -0.1) is 0 Å². The van der Waals surface area contributed by atoms with Crippen molar-refractivity contribution in [2.45, 2.75) is 19.0 Å². The van der Waals surface area contributed by atoms with Gasteiger partial charge in [0.2, 0.25) is 0 Å². The Hall–Kier alpha value is -1.27. The summed E-state index contributed by atoms with van der Waals surface area (Å²) in [5.74, 6) is 0.291. The Balaban J connectivity index is 2.26. The Morgan fingerprint density at radius 1 is 1.38 bits per heavy atom. The molecular formula is C15H21F3N2O. The van der Waals surface area contributed by atoms with Crippen LogP contribution in [0.25, 0.3) is 0 Å². The molecule has 1 heterocycles. The summed E-state index contributed by atoms with van der Waals surface area (Å²) in [6.07, 6.45) is -3.04. The molecule has 0 spiro atoms. The molecule has 3 nitrogen and oxygen atoms in total. The minimum atomic E-state index is -4.35. The van der Waals surface area contributed by atoms with E-state index in [0.29, 0.717) is 44.1 Å². The van der Waals surface area contributed by atoms with Gasteiger partial charge in [0, 0.05) is 31.8 Å². The molecule has 1 fully saturated rings. The van der Waals surface area contributed by atoms with Gasteiger partial charge in [-0.3, -0.25) is 0 Å². The van der Waals surface area contributed by atoms with E-state index in [1.807, 2.05) is 0 Å². The molecule has 118 valence electrons. The van der Waals surface area contributed by atoms with E-state index >= 15 is 0 Å². The van der Waals surface area contributed by atoms with Gasteiger partial charge >= 0.3 is 6.18 Å². The quantitative estimate of drug-likeness (QED) is 0.909. The third kappa shape index (κ3) is 3.89. The number of methoxy groups -OCH3 is 1. The van der Waals surface area contributed by atoms with Gasteiger partial charge < -0.3 is 15.4 Å². The molecule has 1 aliphatic rings. The monoisotopic (exact) mass is 302 g/mol. The molecule has 2 N–H and O–H groups in total. The van der Waals surface area contributed by atoms with Crippen LogP contribution in [0.2, 0.25) is 0 Å². The van der Waals surface area contributed by atoms with Crippen LogP contribution in [0.3, 0.4) is 0 Å². The van der Waals surface area contributed by atoms with Crippen molar-refractivity contribution in [3.05, 3.63) is 29.3 Å². The number of rotatable bonds is 5. The van der Waals surface area contributed by atoms with E-state index in [9.17, 15) is 13.2 Å². The van der Waals surface area contributed by atoms with Gasteiger partial charge in [-0.05, 0) is 37.1 Å². The summed E-state index contributed by atoms with van der Waals surface area (Å²) >= 11 is 0. The average Bonchev–Trinajstić information content (AvgIpc) is 2.87. The smallest absolute Gasteiger partial charge is 0.384 e. The van der Waals surface area contributed by atoms with Crippen LogP contribution in [0.15, 0.2) is 18.2 Å². The van der Waals surface area contributed by atoms with Crippen LogP contribution < -0.4 is 10.6 Å². The zero-order valence-corrected chi connectivity index (χ0v) is 12.1. The van der Waals surface area contributed by atoms with Gasteiger partial charge in [0.1, 0.15) is 0 Å². The zero-order valence-electron chi connectivity index (χ0n) is 12.1. The van der Waals surface area contributed by atoms with Crippen molar-refractivity contribution in [2.24, 2.45) is 11.7 Å². The van der Waals surface area contributed by atoms with Gasteiger partial charge in [-0.1, -0.05) is 6.07 Å². The van der Waals surface area contributed by atoms with E-state index in [-0.39, 0.29) is 5.69 Å². The third-order valence-corrected chi connectivity index (χ3v) is 3.83. The standard InChI is InChI=1S/C15H21F3N2O/c1-21-10-12-5-7-20(9-12)14-3-2-11(4-6-19)8-13(14)15(16,17)18/h2-3,8,12H,4-7,9-10,19H2,1H3. The average molecular weight is 302 g/mol. The van der Waals surface area contributed by atoms with Crippen LogP contribution in [-0.4, -0.2) is 33.4 Å². The highest BCUT2D eigenvalue weighted by Crippen LogP contribution is 2.39. The van der Waals surface area contributed by atoms with Crippen molar-refractivity contribution in [1.82, 2.24) is 0 Å². The van der Waals surface area contributed by atoms with Crippen molar-refractivity contribution in [2.75, 3.05) is 38.3 Å². The fraction of sp³-hybridized carbons (Fsp3) is 0.600. The molecule has 1 atom stereocenters. The van der Waals surface area contributed by atoms with E-state index in [1.54, 1.807) is 24.1 Å². The van der Waals surface area contributed by atoms with Gasteiger partial charge in [-0.25, -0.2) is 0 Å². The summed E-state index contributed by atoms with van der Waals surface area (Å²) in [5.41, 5.74) is 5.75. The highest BCUT2D eigenvalue weighted by Gasteiger charge is 2.36. The molecular weight excluding hydrogens is 281 g/mol. The summed E-state index contributed by atoms with van der Waals surface area (Å²) in [4.78, 5) is 1.80. The lowest BCUT2D eigenvalue weighted by Crippen LogP contribution is -2.24. The summed E-state index contributed by atoms with van der Waals surface area (Å²) < 4.78 is 44.9.